The second-order valence-corrected chi connectivity index (χ2v) is 10.6. The van der Waals surface area contributed by atoms with Crippen LogP contribution in [0.5, 0.6) is 0 Å². The number of benzene rings is 3. The first-order valence-electron chi connectivity index (χ1n) is 13.0. The molecule has 192 valence electrons. The Balaban J connectivity index is 1.42. The smallest absolute Gasteiger partial charge is 0.271 e. The molecule has 2 amide bonds. The van der Waals surface area contributed by atoms with Crippen LogP contribution in [-0.2, 0) is 15.1 Å². The SMILES string of the molecule is O=C1[C@H]2[C@H]3CCCN3[C@@]3(c4ccccc4-n4c3nc3ccccc3c4=O)[C@H]2C(=O)N1c1cccc([N+](=O)[O-])c1. The summed E-state index contributed by atoms with van der Waals surface area (Å²) in [7, 11) is 0. The molecular formula is C29H21N5O5. The lowest BCUT2D eigenvalue weighted by Crippen LogP contribution is -2.51. The number of carbonyl (C=O) groups is 2. The van der Waals surface area contributed by atoms with Crippen molar-refractivity contribution in [3.05, 3.63) is 105 Å². The van der Waals surface area contributed by atoms with Crippen LogP contribution in [0.15, 0.2) is 77.6 Å². The summed E-state index contributed by atoms with van der Waals surface area (Å²) in [5.41, 5.74) is 0.636. The quantitative estimate of drug-likeness (QED) is 0.227. The Labute approximate surface area is 221 Å². The summed E-state index contributed by atoms with van der Waals surface area (Å²) in [4.78, 5) is 61.7. The van der Waals surface area contributed by atoms with Gasteiger partial charge in [-0.15, -0.1) is 0 Å². The zero-order valence-corrected chi connectivity index (χ0v) is 20.6. The summed E-state index contributed by atoms with van der Waals surface area (Å²) in [6, 6.07) is 20.1. The standard InChI is InChI=1S/C29H21N5O5/c35-25-18-9-1-3-11-20(18)30-28-29(19-10-2-4-12-21(19)33(25)28)24-23(22-13-6-14-31(22)29)26(36)32(27(24)37)16-7-5-8-17(15-16)34(38)39/h1-5,7-12,15,22-24H,6,13-14H2/t22-,23+,24-,29+/m1/s1. The molecule has 8 rings (SSSR count). The van der Waals surface area contributed by atoms with Gasteiger partial charge in [-0.2, -0.15) is 0 Å². The molecule has 0 saturated carbocycles. The first kappa shape index (κ1) is 22.3. The average Bonchev–Trinajstić information content (AvgIpc) is 3.66. The number of carbonyl (C=O) groups excluding carboxylic acids is 2. The molecule has 39 heavy (non-hydrogen) atoms. The van der Waals surface area contributed by atoms with E-state index in [1.165, 1.54) is 18.2 Å². The molecule has 10 nitrogen and oxygen atoms in total. The number of nitro groups is 1. The third kappa shape index (κ3) is 2.54. The predicted molar refractivity (Wildman–Crippen MR) is 140 cm³/mol. The van der Waals surface area contributed by atoms with Crippen LogP contribution in [0.2, 0.25) is 0 Å². The third-order valence-electron chi connectivity index (χ3n) is 8.94. The van der Waals surface area contributed by atoms with Gasteiger partial charge in [0.05, 0.1) is 39.0 Å². The number of aromatic nitrogens is 2. The van der Waals surface area contributed by atoms with Crippen LogP contribution >= 0.6 is 0 Å². The van der Waals surface area contributed by atoms with E-state index in [9.17, 15) is 24.5 Å². The van der Waals surface area contributed by atoms with E-state index in [1.807, 2.05) is 30.3 Å². The topological polar surface area (TPSA) is 119 Å². The van der Waals surface area contributed by atoms with E-state index < -0.39 is 28.2 Å². The number of fused-ring (bicyclic) bond motifs is 11. The number of imide groups is 1. The Morgan fingerprint density at radius 2 is 1.74 bits per heavy atom. The highest BCUT2D eigenvalue weighted by Crippen LogP contribution is 2.62. The number of nitrogens with zero attached hydrogens (tertiary/aromatic N) is 5. The summed E-state index contributed by atoms with van der Waals surface area (Å²) >= 11 is 0. The van der Waals surface area contributed by atoms with Crippen LogP contribution in [0.1, 0.15) is 24.2 Å². The Bertz CT molecular complexity index is 1850. The number of hydrogen-bond acceptors (Lipinski definition) is 7. The van der Waals surface area contributed by atoms with Gasteiger partial charge < -0.3 is 0 Å². The minimum Gasteiger partial charge on any atom is -0.283 e. The first-order chi connectivity index (χ1) is 18.9. The van der Waals surface area contributed by atoms with Crippen LogP contribution in [0.25, 0.3) is 16.6 Å². The van der Waals surface area contributed by atoms with E-state index in [1.54, 1.807) is 28.8 Å². The average molecular weight is 520 g/mol. The molecule has 3 saturated heterocycles. The molecule has 3 fully saturated rings. The molecule has 0 N–H and O–H groups in total. The molecule has 0 unspecified atom stereocenters. The lowest BCUT2D eigenvalue weighted by Gasteiger charge is -2.38. The van der Waals surface area contributed by atoms with Crippen molar-refractivity contribution in [1.29, 1.82) is 0 Å². The van der Waals surface area contributed by atoms with Crippen molar-refractivity contribution in [2.75, 3.05) is 11.4 Å². The maximum atomic E-state index is 14.4. The van der Waals surface area contributed by atoms with E-state index in [4.69, 9.17) is 4.98 Å². The van der Waals surface area contributed by atoms with Crippen LogP contribution in [0, 0.1) is 22.0 Å². The maximum absolute atomic E-state index is 14.4. The van der Waals surface area contributed by atoms with Gasteiger partial charge >= 0.3 is 0 Å². The Kier molecular flexibility index (Phi) is 4.26. The highest BCUT2D eigenvalue weighted by atomic mass is 16.6. The molecule has 4 aliphatic rings. The lowest BCUT2D eigenvalue weighted by atomic mass is 9.75. The van der Waals surface area contributed by atoms with Gasteiger partial charge in [0.25, 0.3) is 11.2 Å². The number of para-hydroxylation sites is 2. The first-order valence-corrected chi connectivity index (χ1v) is 13.0. The van der Waals surface area contributed by atoms with Gasteiger partial charge in [-0.3, -0.25) is 34.0 Å². The molecule has 3 aromatic carbocycles. The van der Waals surface area contributed by atoms with Crippen LogP contribution in [0.3, 0.4) is 0 Å². The summed E-state index contributed by atoms with van der Waals surface area (Å²) in [5, 5.41) is 11.9. The van der Waals surface area contributed by atoms with Crippen molar-refractivity contribution >= 4 is 34.1 Å². The summed E-state index contributed by atoms with van der Waals surface area (Å²) in [5.74, 6) is -1.84. The van der Waals surface area contributed by atoms with Gasteiger partial charge in [0.15, 0.2) is 0 Å². The molecule has 10 heteroatoms. The minimum atomic E-state index is -1.12. The van der Waals surface area contributed by atoms with Gasteiger partial charge in [-0.25, -0.2) is 9.88 Å². The molecular weight excluding hydrogens is 498 g/mol. The maximum Gasteiger partial charge on any atom is 0.271 e. The molecule has 0 bridgehead atoms. The van der Waals surface area contributed by atoms with Crippen molar-refractivity contribution in [3.8, 4) is 5.69 Å². The van der Waals surface area contributed by atoms with Gasteiger partial charge in [-0.1, -0.05) is 36.4 Å². The Morgan fingerprint density at radius 3 is 2.59 bits per heavy atom. The van der Waals surface area contributed by atoms with E-state index in [0.717, 1.165) is 23.3 Å². The minimum absolute atomic E-state index is 0.184. The summed E-state index contributed by atoms with van der Waals surface area (Å²) in [6.45, 7) is 0.659. The number of rotatable bonds is 2. The summed E-state index contributed by atoms with van der Waals surface area (Å²) in [6.07, 6.45) is 1.57. The van der Waals surface area contributed by atoms with Crippen LogP contribution in [0.4, 0.5) is 11.4 Å². The normalized spacial score (nSPS) is 26.8. The molecule has 4 aliphatic heterocycles. The highest BCUT2D eigenvalue weighted by molar-refractivity contribution is 6.23. The van der Waals surface area contributed by atoms with Crippen molar-refractivity contribution < 1.29 is 14.5 Å². The van der Waals surface area contributed by atoms with Crippen molar-refractivity contribution in [3.63, 3.8) is 0 Å². The van der Waals surface area contributed by atoms with Crippen LogP contribution in [-0.4, -0.2) is 43.8 Å². The zero-order chi connectivity index (χ0) is 26.6. The Morgan fingerprint density at radius 1 is 0.949 bits per heavy atom. The second kappa shape index (κ2) is 7.45. The molecule has 1 spiro atoms. The molecule has 4 atom stereocenters. The fraction of sp³-hybridized carbons (Fsp3) is 0.241. The van der Waals surface area contributed by atoms with Crippen LogP contribution < -0.4 is 10.5 Å². The highest BCUT2D eigenvalue weighted by Gasteiger charge is 2.73. The summed E-state index contributed by atoms with van der Waals surface area (Å²) < 4.78 is 1.61. The monoisotopic (exact) mass is 519 g/mol. The van der Waals surface area contributed by atoms with Gasteiger partial charge in [0.2, 0.25) is 11.8 Å². The predicted octanol–water partition coefficient (Wildman–Crippen LogP) is 3.13. The van der Waals surface area contributed by atoms with Gasteiger partial charge in [0.1, 0.15) is 11.4 Å². The molecule has 4 aromatic rings. The van der Waals surface area contributed by atoms with Crippen molar-refractivity contribution in [1.82, 2.24) is 14.5 Å². The molecule has 5 heterocycles. The fourth-order valence-corrected chi connectivity index (χ4v) is 7.61. The van der Waals surface area contributed by atoms with E-state index in [2.05, 4.69) is 4.90 Å². The molecule has 1 aromatic heterocycles. The number of amides is 2. The van der Waals surface area contributed by atoms with E-state index in [-0.39, 0.29) is 28.9 Å². The number of non-ortho nitro benzene ring substituents is 1. The lowest BCUT2D eigenvalue weighted by molar-refractivity contribution is -0.384. The number of nitro benzene ring substituents is 1. The third-order valence-corrected chi connectivity index (χ3v) is 8.94. The second-order valence-electron chi connectivity index (χ2n) is 10.6. The number of anilines is 1. The van der Waals surface area contributed by atoms with E-state index >= 15 is 0 Å². The zero-order valence-electron chi connectivity index (χ0n) is 20.6. The Hall–Kier alpha value is -4.70. The van der Waals surface area contributed by atoms with E-state index in [0.29, 0.717) is 29.0 Å². The molecule has 0 aliphatic carbocycles. The number of hydrogen-bond donors (Lipinski definition) is 0. The van der Waals surface area contributed by atoms with Gasteiger partial charge in [-0.05, 0) is 43.7 Å². The van der Waals surface area contributed by atoms with Gasteiger partial charge in [0, 0.05) is 23.7 Å². The molecule has 0 radical (unpaired) electrons. The van der Waals surface area contributed by atoms with Crippen molar-refractivity contribution in [2.24, 2.45) is 11.8 Å². The largest absolute Gasteiger partial charge is 0.283 e. The van der Waals surface area contributed by atoms with Crippen molar-refractivity contribution in [2.45, 2.75) is 24.4 Å². The fourth-order valence-electron chi connectivity index (χ4n) is 7.61.